The SMILES string of the molecule is CCC1CN(C(=O)CC(C)N)CCN1C. The van der Waals surface area contributed by atoms with Gasteiger partial charge in [-0.2, -0.15) is 0 Å². The summed E-state index contributed by atoms with van der Waals surface area (Å²) in [4.78, 5) is 16.1. The summed E-state index contributed by atoms with van der Waals surface area (Å²) < 4.78 is 0. The number of likely N-dealkylation sites (N-methyl/N-ethyl adjacent to an activating group) is 1. The van der Waals surface area contributed by atoms with Crippen molar-refractivity contribution < 1.29 is 4.79 Å². The number of rotatable bonds is 3. The molecule has 88 valence electrons. The van der Waals surface area contributed by atoms with Crippen molar-refractivity contribution in [3.05, 3.63) is 0 Å². The smallest absolute Gasteiger partial charge is 0.224 e. The molecule has 0 aromatic carbocycles. The van der Waals surface area contributed by atoms with E-state index in [0.29, 0.717) is 12.5 Å². The van der Waals surface area contributed by atoms with Gasteiger partial charge < -0.3 is 10.6 Å². The second kappa shape index (κ2) is 5.47. The van der Waals surface area contributed by atoms with Crippen molar-refractivity contribution in [1.29, 1.82) is 0 Å². The van der Waals surface area contributed by atoms with Gasteiger partial charge in [0.25, 0.3) is 0 Å². The summed E-state index contributed by atoms with van der Waals surface area (Å²) >= 11 is 0. The summed E-state index contributed by atoms with van der Waals surface area (Å²) in [6.45, 7) is 6.73. The Morgan fingerprint density at radius 2 is 2.20 bits per heavy atom. The van der Waals surface area contributed by atoms with Gasteiger partial charge in [0, 0.05) is 38.1 Å². The highest BCUT2D eigenvalue weighted by Crippen LogP contribution is 2.11. The fraction of sp³-hybridized carbons (Fsp3) is 0.909. The molecule has 0 aromatic heterocycles. The molecule has 4 heteroatoms. The minimum absolute atomic E-state index is 0.0303. The van der Waals surface area contributed by atoms with E-state index in [9.17, 15) is 4.79 Å². The Balaban J connectivity index is 2.47. The molecule has 4 nitrogen and oxygen atoms in total. The highest BCUT2D eigenvalue weighted by molar-refractivity contribution is 5.76. The van der Waals surface area contributed by atoms with Crippen LogP contribution in [0.5, 0.6) is 0 Å². The molecule has 1 aliphatic rings. The molecule has 1 saturated heterocycles. The first-order valence-electron chi connectivity index (χ1n) is 5.78. The molecule has 0 radical (unpaired) electrons. The maximum Gasteiger partial charge on any atom is 0.224 e. The van der Waals surface area contributed by atoms with Gasteiger partial charge in [-0.1, -0.05) is 6.92 Å². The summed E-state index contributed by atoms with van der Waals surface area (Å²) in [5.74, 6) is 0.205. The molecule has 0 bridgehead atoms. The fourth-order valence-corrected chi connectivity index (χ4v) is 2.02. The number of amides is 1. The van der Waals surface area contributed by atoms with Gasteiger partial charge in [0.15, 0.2) is 0 Å². The lowest BCUT2D eigenvalue weighted by Gasteiger charge is -2.39. The molecule has 0 saturated carbocycles. The molecule has 15 heavy (non-hydrogen) atoms. The number of hydrogen-bond acceptors (Lipinski definition) is 3. The van der Waals surface area contributed by atoms with Crippen LogP contribution in [0.2, 0.25) is 0 Å². The normalized spacial score (nSPS) is 25.3. The molecule has 1 fully saturated rings. The van der Waals surface area contributed by atoms with Gasteiger partial charge in [-0.15, -0.1) is 0 Å². The van der Waals surface area contributed by atoms with Crippen LogP contribution in [0, 0.1) is 0 Å². The zero-order valence-electron chi connectivity index (χ0n) is 10.1. The van der Waals surface area contributed by atoms with Gasteiger partial charge >= 0.3 is 0 Å². The van der Waals surface area contributed by atoms with Crippen molar-refractivity contribution in [2.75, 3.05) is 26.7 Å². The second-order valence-electron chi connectivity index (χ2n) is 4.56. The van der Waals surface area contributed by atoms with E-state index in [1.165, 1.54) is 0 Å². The Morgan fingerprint density at radius 1 is 1.53 bits per heavy atom. The molecule has 2 atom stereocenters. The van der Waals surface area contributed by atoms with E-state index < -0.39 is 0 Å². The number of nitrogens with two attached hydrogens (primary N) is 1. The Bertz CT molecular complexity index is 218. The van der Waals surface area contributed by atoms with Crippen LogP contribution in [0.3, 0.4) is 0 Å². The Kier molecular flexibility index (Phi) is 4.54. The van der Waals surface area contributed by atoms with E-state index in [-0.39, 0.29) is 11.9 Å². The number of carbonyl (C=O) groups is 1. The Labute approximate surface area is 92.4 Å². The van der Waals surface area contributed by atoms with Crippen molar-refractivity contribution in [3.8, 4) is 0 Å². The first-order chi connectivity index (χ1) is 7.04. The third kappa shape index (κ3) is 3.47. The second-order valence-corrected chi connectivity index (χ2v) is 4.56. The topological polar surface area (TPSA) is 49.6 Å². The summed E-state index contributed by atoms with van der Waals surface area (Å²) in [5.41, 5.74) is 5.64. The Hall–Kier alpha value is -0.610. The summed E-state index contributed by atoms with van der Waals surface area (Å²) in [7, 11) is 2.13. The maximum atomic E-state index is 11.8. The lowest BCUT2D eigenvalue weighted by Crippen LogP contribution is -2.53. The van der Waals surface area contributed by atoms with Crippen molar-refractivity contribution in [1.82, 2.24) is 9.80 Å². The van der Waals surface area contributed by atoms with Crippen LogP contribution in [-0.4, -0.2) is 54.5 Å². The number of nitrogens with zero attached hydrogens (tertiary/aromatic N) is 2. The van der Waals surface area contributed by atoms with E-state index in [1.807, 2.05) is 11.8 Å². The number of carbonyl (C=O) groups excluding carboxylic acids is 1. The van der Waals surface area contributed by atoms with E-state index in [2.05, 4.69) is 18.9 Å². The third-order valence-corrected chi connectivity index (χ3v) is 3.10. The van der Waals surface area contributed by atoms with Crippen LogP contribution < -0.4 is 5.73 Å². The van der Waals surface area contributed by atoms with Crippen LogP contribution >= 0.6 is 0 Å². The highest BCUT2D eigenvalue weighted by atomic mass is 16.2. The molecule has 0 spiro atoms. The van der Waals surface area contributed by atoms with Crippen LogP contribution in [-0.2, 0) is 4.79 Å². The zero-order chi connectivity index (χ0) is 11.4. The monoisotopic (exact) mass is 213 g/mol. The zero-order valence-corrected chi connectivity index (χ0v) is 10.1. The maximum absolute atomic E-state index is 11.8. The van der Waals surface area contributed by atoms with Gasteiger partial charge in [0.05, 0.1) is 0 Å². The molecule has 0 aromatic rings. The molecule has 1 rings (SSSR count). The largest absolute Gasteiger partial charge is 0.340 e. The molecule has 2 unspecified atom stereocenters. The molecule has 1 amide bonds. The lowest BCUT2D eigenvalue weighted by atomic mass is 10.1. The predicted octanol–water partition coefficient (Wildman–Crippen LogP) is 0.276. The van der Waals surface area contributed by atoms with Crippen molar-refractivity contribution in [2.24, 2.45) is 5.73 Å². The molecule has 0 aliphatic carbocycles. The molecular formula is C11H23N3O. The van der Waals surface area contributed by atoms with Crippen molar-refractivity contribution in [3.63, 3.8) is 0 Å². The van der Waals surface area contributed by atoms with E-state index in [0.717, 1.165) is 26.1 Å². The van der Waals surface area contributed by atoms with Gasteiger partial charge in [0.1, 0.15) is 0 Å². The minimum atomic E-state index is -0.0303. The van der Waals surface area contributed by atoms with E-state index in [4.69, 9.17) is 5.73 Å². The van der Waals surface area contributed by atoms with E-state index in [1.54, 1.807) is 0 Å². The highest BCUT2D eigenvalue weighted by Gasteiger charge is 2.25. The minimum Gasteiger partial charge on any atom is -0.340 e. The molecule has 1 aliphatic heterocycles. The van der Waals surface area contributed by atoms with Gasteiger partial charge in [-0.3, -0.25) is 9.69 Å². The number of piperazine rings is 1. The van der Waals surface area contributed by atoms with Crippen LogP contribution in [0.15, 0.2) is 0 Å². The van der Waals surface area contributed by atoms with Crippen molar-refractivity contribution in [2.45, 2.75) is 38.8 Å². The fourth-order valence-electron chi connectivity index (χ4n) is 2.02. The van der Waals surface area contributed by atoms with Gasteiger partial charge in [-0.25, -0.2) is 0 Å². The van der Waals surface area contributed by atoms with Crippen LogP contribution in [0.4, 0.5) is 0 Å². The quantitative estimate of drug-likeness (QED) is 0.732. The Morgan fingerprint density at radius 3 is 2.73 bits per heavy atom. The summed E-state index contributed by atoms with van der Waals surface area (Å²) in [5, 5.41) is 0. The van der Waals surface area contributed by atoms with Crippen LogP contribution in [0.1, 0.15) is 26.7 Å². The first-order valence-corrected chi connectivity index (χ1v) is 5.78. The molecule has 2 N–H and O–H groups in total. The lowest BCUT2D eigenvalue weighted by molar-refractivity contribution is -0.134. The average Bonchev–Trinajstić information content (AvgIpc) is 2.17. The van der Waals surface area contributed by atoms with Gasteiger partial charge in [-0.05, 0) is 20.4 Å². The summed E-state index contributed by atoms with van der Waals surface area (Å²) in [6, 6.07) is 0.480. The standard InChI is InChI=1S/C11H23N3O/c1-4-10-8-14(6-5-13(10)3)11(15)7-9(2)12/h9-10H,4-8,12H2,1-3H3. The van der Waals surface area contributed by atoms with Crippen LogP contribution in [0.25, 0.3) is 0 Å². The molecular weight excluding hydrogens is 190 g/mol. The van der Waals surface area contributed by atoms with E-state index >= 15 is 0 Å². The predicted molar refractivity (Wildman–Crippen MR) is 61.6 cm³/mol. The summed E-state index contributed by atoms with van der Waals surface area (Å²) in [6.07, 6.45) is 1.57. The number of hydrogen-bond donors (Lipinski definition) is 1. The van der Waals surface area contributed by atoms with Gasteiger partial charge in [0.2, 0.25) is 5.91 Å². The molecule has 1 heterocycles. The third-order valence-electron chi connectivity index (χ3n) is 3.10. The van der Waals surface area contributed by atoms with Crippen molar-refractivity contribution >= 4 is 5.91 Å². The first kappa shape index (κ1) is 12.5. The average molecular weight is 213 g/mol.